The van der Waals surface area contributed by atoms with Gasteiger partial charge in [-0.1, -0.05) is 6.92 Å². The summed E-state index contributed by atoms with van der Waals surface area (Å²) in [6.45, 7) is 6.19. The molecule has 0 aliphatic carbocycles. The van der Waals surface area contributed by atoms with Gasteiger partial charge in [0.2, 0.25) is 0 Å². The first-order chi connectivity index (χ1) is 7.29. The molecule has 0 aromatic carbocycles. The minimum atomic E-state index is -0.467. The molecular weight excluding hydrogens is 192 g/mol. The highest BCUT2D eigenvalue weighted by Crippen LogP contribution is 2.16. The van der Waals surface area contributed by atoms with Gasteiger partial charge in [0.15, 0.2) is 0 Å². The van der Waals surface area contributed by atoms with Gasteiger partial charge >= 0.3 is 0 Å². The maximum absolute atomic E-state index is 9.90. The smallest absolute Gasteiger partial charge is 0.0978 e. The fraction of sp³-hybridized carbons (Fsp3) is 0.727. The zero-order chi connectivity index (χ0) is 11.1. The van der Waals surface area contributed by atoms with Gasteiger partial charge in [0, 0.05) is 32.4 Å². The molecule has 1 rings (SSSR count). The molecule has 1 atom stereocenters. The number of ether oxygens (including phenoxy) is 1. The van der Waals surface area contributed by atoms with Crippen molar-refractivity contribution in [3.63, 3.8) is 0 Å². The van der Waals surface area contributed by atoms with E-state index < -0.39 is 6.10 Å². The van der Waals surface area contributed by atoms with Gasteiger partial charge in [0.05, 0.1) is 11.8 Å². The molecule has 0 fully saturated rings. The van der Waals surface area contributed by atoms with Gasteiger partial charge in [0.25, 0.3) is 0 Å². The Balaban J connectivity index is 2.48. The molecule has 0 saturated carbocycles. The summed E-state index contributed by atoms with van der Waals surface area (Å²) < 4.78 is 7.07. The van der Waals surface area contributed by atoms with Gasteiger partial charge in [-0.2, -0.15) is 5.10 Å². The molecule has 1 aromatic heterocycles. The second kappa shape index (κ2) is 6.58. The number of aliphatic hydroxyl groups excluding tert-OH is 1. The van der Waals surface area contributed by atoms with Crippen molar-refractivity contribution in [2.24, 2.45) is 0 Å². The van der Waals surface area contributed by atoms with Crippen LogP contribution in [0.3, 0.4) is 0 Å². The summed E-state index contributed by atoms with van der Waals surface area (Å²) in [5.74, 6) is 0. The summed E-state index contributed by atoms with van der Waals surface area (Å²) in [5, 5.41) is 14.1. The summed E-state index contributed by atoms with van der Waals surface area (Å²) in [7, 11) is 0. The summed E-state index contributed by atoms with van der Waals surface area (Å²) in [4.78, 5) is 0. The lowest BCUT2D eigenvalue weighted by Gasteiger charge is -2.12. The van der Waals surface area contributed by atoms with Crippen LogP contribution in [-0.4, -0.2) is 28.1 Å². The van der Waals surface area contributed by atoms with Crippen molar-refractivity contribution in [2.45, 2.75) is 39.3 Å². The first-order valence-electron chi connectivity index (χ1n) is 5.57. The monoisotopic (exact) mass is 212 g/mol. The molecule has 1 aromatic rings. The van der Waals surface area contributed by atoms with Crippen LogP contribution < -0.4 is 0 Å². The van der Waals surface area contributed by atoms with E-state index in [2.05, 4.69) is 12.0 Å². The van der Waals surface area contributed by atoms with Crippen LogP contribution in [0.15, 0.2) is 12.3 Å². The van der Waals surface area contributed by atoms with Crippen LogP contribution in [0.5, 0.6) is 0 Å². The minimum absolute atomic E-state index is 0.467. The third-order valence-corrected chi connectivity index (χ3v) is 2.27. The molecule has 15 heavy (non-hydrogen) atoms. The SMILES string of the molecule is CCCn1nccc1C(O)CCOCC. The zero-order valence-electron chi connectivity index (χ0n) is 9.52. The van der Waals surface area contributed by atoms with E-state index in [1.807, 2.05) is 17.7 Å². The Hall–Kier alpha value is -0.870. The van der Waals surface area contributed by atoms with Gasteiger partial charge in [-0.15, -0.1) is 0 Å². The summed E-state index contributed by atoms with van der Waals surface area (Å²) in [5.41, 5.74) is 0.886. The molecule has 0 saturated heterocycles. The number of aliphatic hydroxyl groups is 1. The third kappa shape index (κ3) is 3.64. The third-order valence-electron chi connectivity index (χ3n) is 2.27. The molecular formula is C11H20N2O2. The number of nitrogens with zero attached hydrogens (tertiary/aromatic N) is 2. The number of aryl methyl sites for hydroxylation is 1. The van der Waals surface area contributed by atoms with E-state index in [4.69, 9.17) is 4.74 Å². The van der Waals surface area contributed by atoms with Crippen molar-refractivity contribution in [2.75, 3.05) is 13.2 Å². The van der Waals surface area contributed by atoms with Crippen molar-refractivity contribution < 1.29 is 9.84 Å². The summed E-state index contributed by atoms with van der Waals surface area (Å²) in [6, 6.07) is 1.87. The van der Waals surface area contributed by atoms with E-state index in [1.165, 1.54) is 0 Å². The average Bonchev–Trinajstić information content (AvgIpc) is 2.67. The number of rotatable bonds is 7. The average molecular weight is 212 g/mol. The lowest BCUT2D eigenvalue weighted by atomic mass is 10.2. The second-order valence-electron chi connectivity index (χ2n) is 3.48. The highest BCUT2D eigenvalue weighted by molar-refractivity contribution is 5.04. The lowest BCUT2D eigenvalue weighted by molar-refractivity contribution is 0.0840. The molecule has 4 nitrogen and oxygen atoms in total. The topological polar surface area (TPSA) is 47.3 Å². The van der Waals surface area contributed by atoms with Crippen molar-refractivity contribution in [3.05, 3.63) is 18.0 Å². The summed E-state index contributed by atoms with van der Waals surface area (Å²) in [6.07, 6.45) is 2.91. The predicted molar refractivity (Wildman–Crippen MR) is 58.6 cm³/mol. The molecule has 0 aliphatic rings. The zero-order valence-corrected chi connectivity index (χ0v) is 9.52. The number of hydrogen-bond acceptors (Lipinski definition) is 3. The molecule has 4 heteroatoms. The number of hydrogen-bond donors (Lipinski definition) is 1. The molecule has 86 valence electrons. The van der Waals surface area contributed by atoms with Gasteiger partial charge < -0.3 is 9.84 Å². The van der Waals surface area contributed by atoms with Crippen molar-refractivity contribution in [3.8, 4) is 0 Å². The van der Waals surface area contributed by atoms with Crippen molar-refractivity contribution in [1.82, 2.24) is 9.78 Å². The Labute approximate surface area is 90.9 Å². The van der Waals surface area contributed by atoms with Crippen LogP contribution in [0, 0.1) is 0 Å². The molecule has 1 heterocycles. The summed E-state index contributed by atoms with van der Waals surface area (Å²) >= 11 is 0. The van der Waals surface area contributed by atoms with Crippen LogP contribution >= 0.6 is 0 Å². The van der Waals surface area contributed by atoms with Crippen LogP contribution in [0.1, 0.15) is 38.5 Å². The Morgan fingerprint density at radius 1 is 1.53 bits per heavy atom. The second-order valence-corrected chi connectivity index (χ2v) is 3.48. The highest BCUT2D eigenvalue weighted by Gasteiger charge is 2.12. The van der Waals surface area contributed by atoms with Crippen molar-refractivity contribution in [1.29, 1.82) is 0 Å². The Bertz CT molecular complexity index is 273. The highest BCUT2D eigenvalue weighted by atomic mass is 16.5. The normalized spacial score (nSPS) is 13.0. The van der Waals surface area contributed by atoms with E-state index in [9.17, 15) is 5.11 Å². The largest absolute Gasteiger partial charge is 0.387 e. The molecule has 0 radical (unpaired) electrons. The first kappa shape index (κ1) is 12.2. The number of aromatic nitrogens is 2. The van der Waals surface area contributed by atoms with E-state index in [0.29, 0.717) is 19.6 Å². The van der Waals surface area contributed by atoms with Gasteiger partial charge in [-0.25, -0.2) is 0 Å². The maximum atomic E-state index is 9.90. The fourth-order valence-corrected chi connectivity index (χ4v) is 1.51. The van der Waals surface area contributed by atoms with Gasteiger partial charge in [-0.05, 0) is 19.4 Å². The maximum Gasteiger partial charge on any atom is 0.0978 e. The van der Waals surface area contributed by atoms with Gasteiger partial charge in [0.1, 0.15) is 0 Å². The van der Waals surface area contributed by atoms with Crippen LogP contribution in [-0.2, 0) is 11.3 Å². The van der Waals surface area contributed by atoms with E-state index >= 15 is 0 Å². The van der Waals surface area contributed by atoms with Crippen LogP contribution in [0.2, 0.25) is 0 Å². The fourth-order valence-electron chi connectivity index (χ4n) is 1.51. The molecule has 0 spiro atoms. The molecule has 1 N–H and O–H groups in total. The molecule has 0 amide bonds. The van der Waals surface area contributed by atoms with E-state index in [1.54, 1.807) is 6.20 Å². The molecule has 0 aliphatic heterocycles. The Morgan fingerprint density at radius 2 is 2.33 bits per heavy atom. The van der Waals surface area contributed by atoms with Crippen molar-refractivity contribution >= 4 is 0 Å². The van der Waals surface area contributed by atoms with Crippen LogP contribution in [0.4, 0.5) is 0 Å². The lowest BCUT2D eigenvalue weighted by Crippen LogP contribution is -2.11. The van der Waals surface area contributed by atoms with E-state index in [-0.39, 0.29) is 0 Å². The first-order valence-corrected chi connectivity index (χ1v) is 5.57. The Kier molecular flexibility index (Phi) is 5.36. The quantitative estimate of drug-likeness (QED) is 0.700. The molecule has 0 bridgehead atoms. The van der Waals surface area contributed by atoms with Gasteiger partial charge in [-0.3, -0.25) is 4.68 Å². The predicted octanol–water partition coefficient (Wildman–Crippen LogP) is 1.75. The standard InChI is InChI=1S/C11H20N2O2/c1-3-8-13-10(5-7-12-13)11(14)6-9-15-4-2/h5,7,11,14H,3-4,6,8-9H2,1-2H3. The van der Waals surface area contributed by atoms with E-state index in [0.717, 1.165) is 18.7 Å². The Morgan fingerprint density at radius 3 is 3.00 bits per heavy atom. The van der Waals surface area contributed by atoms with Crippen LogP contribution in [0.25, 0.3) is 0 Å². The minimum Gasteiger partial charge on any atom is -0.387 e. The molecule has 1 unspecified atom stereocenters.